The number of amides is 1. The Morgan fingerprint density at radius 3 is 2.36 bits per heavy atom. The molecular formula is C8H13NO4S. The van der Waals surface area contributed by atoms with E-state index in [-0.39, 0.29) is 23.3 Å². The Balaban J connectivity index is 1.95. The highest BCUT2D eigenvalue weighted by molar-refractivity contribution is 7.91. The lowest BCUT2D eigenvalue weighted by atomic mass is 10.2. The van der Waals surface area contributed by atoms with Crippen molar-refractivity contribution in [3.63, 3.8) is 0 Å². The monoisotopic (exact) mass is 219 g/mol. The minimum absolute atomic E-state index is 0.0468. The van der Waals surface area contributed by atoms with E-state index in [0.29, 0.717) is 0 Å². The Morgan fingerprint density at radius 2 is 1.93 bits per heavy atom. The van der Waals surface area contributed by atoms with Crippen molar-refractivity contribution in [1.82, 2.24) is 5.32 Å². The second-order valence-electron chi connectivity index (χ2n) is 4.03. The zero-order valence-corrected chi connectivity index (χ0v) is 8.46. The van der Waals surface area contributed by atoms with Crippen molar-refractivity contribution in [3.05, 3.63) is 0 Å². The van der Waals surface area contributed by atoms with Gasteiger partial charge in [0.25, 0.3) is 0 Å². The Kier molecular flexibility index (Phi) is 2.27. The third-order valence-electron chi connectivity index (χ3n) is 2.60. The van der Waals surface area contributed by atoms with Crippen LogP contribution >= 0.6 is 0 Å². The van der Waals surface area contributed by atoms with Crippen LogP contribution in [0.3, 0.4) is 0 Å². The average molecular weight is 219 g/mol. The Labute approximate surface area is 82.4 Å². The first-order valence-corrected chi connectivity index (χ1v) is 6.49. The van der Waals surface area contributed by atoms with Crippen molar-refractivity contribution < 1.29 is 18.3 Å². The second kappa shape index (κ2) is 3.20. The van der Waals surface area contributed by atoms with Crippen LogP contribution in [0.25, 0.3) is 0 Å². The van der Waals surface area contributed by atoms with Gasteiger partial charge in [-0.1, -0.05) is 0 Å². The minimum atomic E-state index is -3.16. The van der Waals surface area contributed by atoms with E-state index < -0.39 is 22.0 Å². The summed E-state index contributed by atoms with van der Waals surface area (Å²) in [6.07, 6.45) is 0.811. The Bertz CT molecular complexity index is 346. The summed E-state index contributed by atoms with van der Waals surface area (Å²) in [7, 11) is -3.16. The molecule has 0 bridgehead atoms. The van der Waals surface area contributed by atoms with Crippen molar-refractivity contribution >= 4 is 15.7 Å². The van der Waals surface area contributed by atoms with Crippen molar-refractivity contribution in [3.8, 4) is 0 Å². The fraction of sp³-hybridized carbons (Fsp3) is 0.875. The van der Waals surface area contributed by atoms with E-state index in [0.717, 1.165) is 12.8 Å². The minimum Gasteiger partial charge on any atom is -0.390 e. The summed E-state index contributed by atoms with van der Waals surface area (Å²) in [5, 5.41) is 12.0. The first-order chi connectivity index (χ1) is 6.48. The summed E-state index contributed by atoms with van der Waals surface area (Å²) < 4.78 is 22.2. The average Bonchev–Trinajstić information content (AvgIpc) is 2.79. The molecule has 2 atom stereocenters. The van der Waals surface area contributed by atoms with Gasteiger partial charge in [-0.15, -0.1) is 0 Å². The van der Waals surface area contributed by atoms with E-state index in [1.165, 1.54) is 0 Å². The number of carbonyl (C=O) groups is 1. The van der Waals surface area contributed by atoms with Gasteiger partial charge in [-0.05, 0) is 12.8 Å². The number of hydrogen-bond donors (Lipinski definition) is 2. The number of aliphatic hydroxyl groups excluding tert-OH is 1. The molecule has 2 fully saturated rings. The van der Waals surface area contributed by atoms with Gasteiger partial charge in [-0.25, -0.2) is 8.42 Å². The third-order valence-corrected chi connectivity index (χ3v) is 4.31. The van der Waals surface area contributed by atoms with Gasteiger partial charge >= 0.3 is 0 Å². The van der Waals surface area contributed by atoms with E-state index in [4.69, 9.17) is 0 Å². The number of rotatable bonds is 2. The van der Waals surface area contributed by atoms with Crippen LogP contribution in [0.4, 0.5) is 0 Å². The van der Waals surface area contributed by atoms with Crippen LogP contribution in [-0.4, -0.2) is 43.1 Å². The predicted octanol–water partition coefficient (Wildman–Crippen LogP) is -1.33. The molecular weight excluding hydrogens is 206 g/mol. The summed E-state index contributed by atoms with van der Waals surface area (Å²) in [6, 6.07) is -0.604. The van der Waals surface area contributed by atoms with Gasteiger partial charge in [0.15, 0.2) is 9.84 Å². The topological polar surface area (TPSA) is 83.5 Å². The molecule has 1 aliphatic heterocycles. The highest BCUT2D eigenvalue weighted by Gasteiger charge is 2.39. The first-order valence-electron chi connectivity index (χ1n) is 4.67. The molecule has 0 aromatic heterocycles. The Morgan fingerprint density at radius 1 is 1.29 bits per heavy atom. The molecule has 0 unspecified atom stereocenters. The van der Waals surface area contributed by atoms with Crippen LogP contribution in [0.15, 0.2) is 0 Å². The fourth-order valence-electron chi connectivity index (χ4n) is 1.61. The highest BCUT2D eigenvalue weighted by atomic mass is 32.2. The number of carbonyl (C=O) groups excluding carboxylic acids is 1. The molecule has 1 amide bonds. The molecule has 2 aliphatic rings. The van der Waals surface area contributed by atoms with E-state index in [2.05, 4.69) is 5.32 Å². The number of aliphatic hydroxyl groups is 1. The molecule has 1 saturated heterocycles. The third kappa shape index (κ3) is 2.06. The van der Waals surface area contributed by atoms with Crippen molar-refractivity contribution in [1.29, 1.82) is 0 Å². The summed E-state index contributed by atoms with van der Waals surface area (Å²) in [5.41, 5.74) is 0. The molecule has 0 aromatic rings. The second-order valence-corrected chi connectivity index (χ2v) is 6.19. The van der Waals surface area contributed by atoms with Crippen molar-refractivity contribution in [2.75, 3.05) is 11.5 Å². The maximum atomic E-state index is 11.3. The summed E-state index contributed by atoms with van der Waals surface area (Å²) in [6.45, 7) is 0. The van der Waals surface area contributed by atoms with Crippen LogP contribution in [-0.2, 0) is 14.6 Å². The predicted molar refractivity (Wildman–Crippen MR) is 49.3 cm³/mol. The number of hydrogen-bond acceptors (Lipinski definition) is 4. The molecule has 2 N–H and O–H groups in total. The molecule has 1 saturated carbocycles. The van der Waals surface area contributed by atoms with Crippen LogP contribution < -0.4 is 5.32 Å². The highest BCUT2D eigenvalue weighted by Crippen LogP contribution is 2.29. The van der Waals surface area contributed by atoms with Crippen LogP contribution in [0.1, 0.15) is 12.8 Å². The molecule has 80 valence electrons. The van der Waals surface area contributed by atoms with Crippen LogP contribution in [0.5, 0.6) is 0 Å². The lowest BCUT2D eigenvalue weighted by Crippen LogP contribution is -2.43. The summed E-state index contributed by atoms with van der Waals surface area (Å²) >= 11 is 0. The lowest BCUT2D eigenvalue weighted by Gasteiger charge is -2.14. The molecule has 1 aliphatic carbocycles. The number of sulfone groups is 1. The first kappa shape index (κ1) is 9.92. The van der Waals surface area contributed by atoms with Gasteiger partial charge in [0.05, 0.1) is 23.7 Å². The van der Waals surface area contributed by atoms with E-state index in [1.54, 1.807) is 0 Å². The molecule has 1 heterocycles. The van der Waals surface area contributed by atoms with Gasteiger partial charge in [0.2, 0.25) is 5.91 Å². The molecule has 6 heteroatoms. The largest absolute Gasteiger partial charge is 0.390 e. The van der Waals surface area contributed by atoms with E-state index in [1.807, 2.05) is 0 Å². The molecule has 0 spiro atoms. The molecule has 5 nitrogen and oxygen atoms in total. The smallest absolute Gasteiger partial charge is 0.223 e. The van der Waals surface area contributed by atoms with Crippen molar-refractivity contribution in [2.24, 2.45) is 5.92 Å². The maximum Gasteiger partial charge on any atom is 0.223 e. The summed E-state index contributed by atoms with van der Waals surface area (Å²) in [5.74, 6) is -0.438. The zero-order valence-electron chi connectivity index (χ0n) is 7.64. The standard InChI is InChI=1S/C8H13NO4S/c10-7-4-14(12,13)3-6(7)9-8(11)5-1-2-5/h5-7,10H,1-4H2,(H,9,11)/t6-,7+/m1/s1. The molecule has 14 heavy (non-hydrogen) atoms. The quantitative estimate of drug-likeness (QED) is 0.603. The van der Waals surface area contributed by atoms with E-state index in [9.17, 15) is 18.3 Å². The van der Waals surface area contributed by atoms with Crippen LogP contribution in [0, 0.1) is 5.92 Å². The SMILES string of the molecule is O=C(N[C@@H]1CS(=O)(=O)C[C@@H]1O)C1CC1. The van der Waals surface area contributed by atoms with Gasteiger partial charge < -0.3 is 10.4 Å². The molecule has 0 aromatic carbocycles. The van der Waals surface area contributed by atoms with E-state index >= 15 is 0 Å². The normalized spacial score (nSPS) is 35.5. The van der Waals surface area contributed by atoms with Gasteiger partial charge in [0, 0.05) is 5.92 Å². The zero-order chi connectivity index (χ0) is 10.3. The van der Waals surface area contributed by atoms with Gasteiger partial charge in [-0.2, -0.15) is 0 Å². The van der Waals surface area contributed by atoms with Crippen molar-refractivity contribution in [2.45, 2.75) is 25.0 Å². The van der Waals surface area contributed by atoms with Crippen LogP contribution in [0.2, 0.25) is 0 Å². The Hall–Kier alpha value is -0.620. The number of nitrogens with one attached hydrogen (secondary N) is 1. The van der Waals surface area contributed by atoms with Gasteiger partial charge in [-0.3, -0.25) is 4.79 Å². The molecule has 0 radical (unpaired) electrons. The summed E-state index contributed by atoms with van der Waals surface area (Å²) in [4.78, 5) is 11.3. The van der Waals surface area contributed by atoms with Gasteiger partial charge in [0.1, 0.15) is 0 Å². The maximum absolute atomic E-state index is 11.3. The fourth-order valence-corrected chi connectivity index (χ4v) is 3.35. The lowest BCUT2D eigenvalue weighted by molar-refractivity contribution is -0.123. The molecule has 2 rings (SSSR count).